The molecular formula is C17H25BrN2O. The molecule has 1 heterocycles. The Bertz CT molecular complexity index is 496. The predicted octanol–water partition coefficient (Wildman–Crippen LogP) is 3.61. The van der Waals surface area contributed by atoms with Gasteiger partial charge in [-0.1, -0.05) is 26.0 Å². The Hall–Kier alpha value is -0.870. The molecule has 1 fully saturated rings. The summed E-state index contributed by atoms with van der Waals surface area (Å²) in [5.41, 5.74) is 1.81. The van der Waals surface area contributed by atoms with Gasteiger partial charge in [-0.25, -0.2) is 0 Å². The van der Waals surface area contributed by atoms with Gasteiger partial charge in [-0.3, -0.25) is 9.69 Å². The Morgan fingerprint density at radius 3 is 2.62 bits per heavy atom. The summed E-state index contributed by atoms with van der Waals surface area (Å²) in [5, 5.41) is 3.11. The molecule has 2 rings (SSSR count). The molecule has 0 radical (unpaired) electrons. The predicted molar refractivity (Wildman–Crippen MR) is 90.6 cm³/mol. The molecule has 0 bridgehead atoms. The monoisotopic (exact) mass is 352 g/mol. The quantitative estimate of drug-likeness (QED) is 0.877. The highest BCUT2D eigenvalue weighted by Crippen LogP contribution is 2.21. The maximum atomic E-state index is 12.4. The van der Waals surface area contributed by atoms with E-state index in [9.17, 15) is 4.79 Å². The van der Waals surface area contributed by atoms with Gasteiger partial charge in [0, 0.05) is 17.1 Å². The number of nitrogens with zero attached hydrogens (tertiary/aromatic N) is 1. The second kappa shape index (κ2) is 7.41. The number of hydrogen-bond donors (Lipinski definition) is 1. The molecule has 21 heavy (non-hydrogen) atoms. The van der Waals surface area contributed by atoms with Gasteiger partial charge in [0.1, 0.15) is 0 Å². The van der Waals surface area contributed by atoms with Crippen molar-refractivity contribution in [3.63, 3.8) is 0 Å². The normalized spacial score (nSPS) is 17.2. The summed E-state index contributed by atoms with van der Waals surface area (Å²) in [5.74, 6) is 0.555. The summed E-state index contributed by atoms with van der Waals surface area (Å²) in [6.07, 6.45) is 2.56. The van der Waals surface area contributed by atoms with Gasteiger partial charge in [0.05, 0.1) is 5.56 Å². The molecule has 0 saturated carbocycles. The third-order valence-corrected chi connectivity index (χ3v) is 5.34. The third-order valence-electron chi connectivity index (χ3n) is 4.29. The van der Waals surface area contributed by atoms with Crippen molar-refractivity contribution in [1.82, 2.24) is 10.2 Å². The van der Waals surface area contributed by atoms with Crippen molar-refractivity contribution in [2.24, 2.45) is 5.92 Å². The highest BCUT2D eigenvalue weighted by Gasteiger charge is 2.25. The topological polar surface area (TPSA) is 32.3 Å². The van der Waals surface area contributed by atoms with E-state index in [0.717, 1.165) is 35.2 Å². The highest BCUT2D eigenvalue weighted by molar-refractivity contribution is 9.10. The number of halogens is 1. The SMILES string of the molecule is Cc1cccc(C(=O)NCC(C(C)C)N2CCCC2)c1Br. The minimum absolute atomic E-state index is 0.00965. The van der Waals surface area contributed by atoms with Crippen LogP contribution in [0.15, 0.2) is 22.7 Å². The lowest BCUT2D eigenvalue weighted by Crippen LogP contribution is -2.45. The number of aryl methyl sites for hydroxylation is 1. The first-order valence-electron chi connectivity index (χ1n) is 7.78. The molecular weight excluding hydrogens is 328 g/mol. The van der Waals surface area contributed by atoms with Crippen LogP contribution in [0.5, 0.6) is 0 Å². The Kier molecular flexibility index (Phi) is 5.82. The van der Waals surface area contributed by atoms with Crippen molar-refractivity contribution in [3.05, 3.63) is 33.8 Å². The Morgan fingerprint density at radius 2 is 2.00 bits per heavy atom. The van der Waals surface area contributed by atoms with Crippen LogP contribution in [-0.2, 0) is 0 Å². The van der Waals surface area contributed by atoms with Gasteiger partial charge in [-0.15, -0.1) is 0 Å². The smallest absolute Gasteiger partial charge is 0.252 e. The zero-order valence-electron chi connectivity index (χ0n) is 13.2. The molecule has 0 aliphatic carbocycles. The van der Waals surface area contributed by atoms with Crippen molar-refractivity contribution in [2.75, 3.05) is 19.6 Å². The van der Waals surface area contributed by atoms with Gasteiger partial charge < -0.3 is 5.32 Å². The summed E-state index contributed by atoms with van der Waals surface area (Å²) < 4.78 is 0.893. The molecule has 1 atom stereocenters. The van der Waals surface area contributed by atoms with Crippen molar-refractivity contribution in [1.29, 1.82) is 0 Å². The fourth-order valence-electron chi connectivity index (χ4n) is 2.97. The standard InChI is InChI=1S/C17H25BrN2O/c1-12(2)15(20-9-4-5-10-20)11-19-17(21)14-8-6-7-13(3)16(14)18/h6-8,12,15H,4-5,9-11H2,1-3H3,(H,19,21). The Morgan fingerprint density at radius 1 is 1.33 bits per heavy atom. The number of hydrogen-bond acceptors (Lipinski definition) is 2. The van der Waals surface area contributed by atoms with Crippen molar-refractivity contribution in [3.8, 4) is 0 Å². The molecule has 1 aromatic rings. The molecule has 1 aromatic carbocycles. The van der Waals surface area contributed by atoms with E-state index in [1.54, 1.807) is 0 Å². The van der Waals surface area contributed by atoms with E-state index < -0.39 is 0 Å². The van der Waals surface area contributed by atoms with E-state index in [4.69, 9.17) is 0 Å². The van der Waals surface area contributed by atoms with Gasteiger partial charge >= 0.3 is 0 Å². The van der Waals surface area contributed by atoms with Gasteiger partial charge in [-0.2, -0.15) is 0 Å². The molecule has 3 nitrogen and oxygen atoms in total. The van der Waals surface area contributed by atoms with Crippen LogP contribution in [0.2, 0.25) is 0 Å². The Labute approximate surface area is 136 Å². The number of nitrogens with one attached hydrogen (secondary N) is 1. The van der Waals surface area contributed by atoms with Crippen LogP contribution in [0.1, 0.15) is 42.6 Å². The minimum atomic E-state index is 0.00965. The lowest BCUT2D eigenvalue weighted by molar-refractivity contribution is 0.0926. The molecule has 0 spiro atoms. The van der Waals surface area contributed by atoms with E-state index in [0.29, 0.717) is 12.0 Å². The van der Waals surface area contributed by atoms with Gasteiger partial charge in [-0.05, 0) is 66.3 Å². The lowest BCUT2D eigenvalue weighted by Gasteiger charge is -2.31. The fraction of sp³-hybridized carbons (Fsp3) is 0.588. The number of amides is 1. The van der Waals surface area contributed by atoms with Crippen LogP contribution in [0.4, 0.5) is 0 Å². The molecule has 4 heteroatoms. The maximum Gasteiger partial charge on any atom is 0.252 e. The minimum Gasteiger partial charge on any atom is -0.350 e. The van der Waals surface area contributed by atoms with E-state index in [-0.39, 0.29) is 5.91 Å². The molecule has 1 aliphatic heterocycles. The first-order chi connectivity index (χ1) is 10.0. The number of carbonyl (C=O) groups excluding carboxylic acids is 1. The molecule has 1 aliphatic rings. The van der Waals surface area contributed by atoms with Crippen LogP contribution in [-0.4, -0.2) is 36.5 Å². The zero-order valence-corrected chi connectivity index (χ0v) is 14.7. The average Bonchev–Trinajstić information content (AvgIpc) is 2.95. The van der Waals surface area contributed by atoms with Gasteiger partial charge in [0.15, 0.2) is 0 Å². The van der Waals surface area contributed by atoms with E-state index >= 15 is 0 Å². The molecule has 1 N–H and O–H groups in total. The summed E-state index contributed by atoms with van der Waals surface area (Å²) >= 11 is 3.51. The number of likely N-dealkylation sites (tertiary alicyclic amines) is 1. The van der Waals surface area contributed by atoms with Crippen LogP contribution >= 0.6 is 15.9 Å². The number of rotatable bonds is 5. The largest absolute Gasteiger partial charge is 0.350 e. The second-order valence-electron chi connectivity index (χ2n) is 6.20. The molecule has 1 unspecified atom stereocenters. The van der Waals surface area contributed by atoms with Crippen molar-refractivity contribution >= 4 is 21.8 Å². The van der Waals surface area contributed by atoms with E-state index in [1.165, 1.54) is 12.8 Å². The number of carbonyl (C=O) groups is 1. The summed E-state index contributed by atoms with van der Waals surface area (Å²) in [4.78, 5) is 14.9. The molecule has 1 saturated heterocycles. The molecule has 1 amide bonds. The van der Waals surface area contributed by atoms with E-state index in [2.05, 4.69) is 40.0 Å². The second-order valence-corrected chi connectivity index (χ2v) is 6.99. The van der Waals surface area contributed by atoms with Crippen molar-refractivity contribution in [2.45, 2.75) is 39.7 Å². The maximum absolute atomic E-state index is 12.4. The van der Waals surface area contributed by atoms with Gasteiger partial charge in [0.2, 0.25) is 0 Å². The van der Waals surface area contributed by atoms with Crippen LogP contribution in [0, 0.1) is 12.8 Å². The highest BCUT2D eigenvalue weighted by atomic mass is 79.9. The van der Waals surface area contributed by atoms with Crippen LogP contribution in [0.25, 0.3) is 0 Å². The molecule has 0 aromatic heterocycles. The van der Waals surface area contributed by atoms with Gasteiger partial charge in [0.25, 0.3) is 5.91 Å². The third kappa shape index (κ3) is 4.07. The summed E-state index contributed by atoms with van der Waals surface area (Å²) in [7, 11) is 0. The first-order valence-corrected chi connectivity index (χ1v) is 8.57. The number of benzene rings is 1. The Balaban J connectivity index is 2.00. The lowest BCUT2D eigenvalue weighted by atomic mass is 10.0. The average molecular weight is 353 g/mol. The van der Waals surface area contributed by atoms with Crippen molar-refractivity contribution < 1.29 is 4.79 Å². The first kappa shape index (κ1) is 16.5. The zero-order chi connectivity index (χ0) is 15.4. The van der Waals surface area contributed by atoms with Crippen LogP contribution < -0.4 is 5.32 Å². The van der Waals surface area contributed by atoms with E-state index in [1.807, 2.05) is 25.1 Å². The molecule has 116 valence electrons. The van der Waals surface area contributed by atoms with Crippen LogP contribution in [0.3, 0.4) is 0 Å². The summed E-state index contributed by atoms with van der Waals surface area (Å²) in [6.45, 7) is 9.51. The summed E-state index contributed by atoms with van der Waals surface area (Å²) in [6, 6.07) is 6.23. The fourth-order valence-corrected chi connectivity index (χ4v) is 3.42.